The van der Waals surface area contributed by atoms with Crippen molar-refractivity contribution < 1.29 is 14.6 Å². The van der Waals surface area contributed by atoms with Gasteiger partial charge in [0.2, 0.25) is 6.17 Å². The summed E-state index contributed by atoms with van der Waals surface area (Å²) in [5, 5.41) is 0. The third kappa shape index (κ3) is 1.71. The quantitative estimate of drug-likeness (QED) is 0.772. The van der Waals surface area contributed by atoms with Crippen LogP contribution >= 0.6 is 0 Å². The minimum absolute atomic E-state index is 0.0454. The van der Waals surface area contributed by atoms with Crippen LogP contribution in [0.4, 0.5) is 0 Å². The number of hydrogen-bond acceptors (Lipinski definition) is 1. The van der Waals surface area contributed by atoms with Gasteiger partial charge in [-0.25, -0.2) is 0 Å². The first kappa shape index (κ1) is 13.5. The fraction of sp³-hybridized carbons (Fsp3) is 0.611. The van der Waals surface area contributed by atoms with Gasteiger partial charge in [-0.1, -0.05) is 24.6 Å². The maximum atomic E-state index is 12.9. The number of piperidine rings is 2. The average Bonchev–Trinajstić information content (AvgIpc) is 2.43. The van der Waals surface area contributed by atoms with Crippen LogP contribution in [-0.2, 0) is 4.79 Å². The van der Waals surface area contributed by atoms with Crippen LogP contribution in [0.5, 0.6) is 0 Å². The molecule has 3 heteroatoms. The number of aryl methyl sites for hydroxylation is 1. The van der Waals surface area contributed by atoms with E-state index in [0.29, 0.717) is 11.9 Å². The van der Waals surface area contributed by atoms with Crippen LogP contribution in [-0.4, -0.2) is 32.0 Å². The highest BCUT2D eigenvalue weighted by molar-refractivity contribution is 5.91. The number of benzene rings is 1. The maximum Gasteiger partial charge on any atom is 0.240 e. The van der Waals surface area contributed by atoms with Gasteiger partial charge >= 0.3 is 0 Å². The summed E-state index contributed by atoms with van der Waals surface area (Å²) in [6.07, 6.45) is 1.54. The minimum Gasteiger partial charge on any atom is -0.297 e. The number of carbonyl (C=O) groups excluding carboxylic acids is 1. The molecule has 4 heterocycles. The molecule has 4 bridgehead atoms. The zero-order chi connectivity index (χ0) is 14.8. The lowest BCUT2D eigenvalue weighted by molar-refractivity contribution is -1.18. The van der Waals surface area contributed by atoms with E-state index < -0.39 is 0 Å². The van der Waals surface area contributed by atoms with E-state index in [1.807, 2.05) is 0 Å². The van der Waals surface area contributed by atoms with Crippen LogP contribution in [0.2, 0.25) is 0 Å². The lowest BCUT2D eigenvalue weighted by Crippen LogP contribution is -3.41. The Morgan fingerprint density at radius 3 is 2.43 bits per heavy atom. The van der Waals surface area contributed by atoms with Gasteiger partial charge in [-0.15, -0.1) is 0 Å². The predicted octanol–water partition coefficient (Wildman–Crippen LogP) is -0.224. The number of Topliss-reactive ketones (excluding diaryl/α,β-unsaturated/α-hetero) is 1. The average molecular weight is 286 g/mol. The Balaban J connectivity index is 1.76. The molecule has 1 aromatic rings. The molecule has 5 rings (SSSR count). The molecular formula is C18H26N2O+2. The molecule has 0 radical (unpaired) electrons. The van der Waals surface area contributed by atoms with Crippen molar-refractivity contribution >= 4 is 5.78 Å². The van der Waals surface area contributed by atoms with Crippen molar-refractivity contribution in [2.45, 2.75) is 33.4 Å². The molecule has 4 aliphatic heterocycles. The van der Waals surface area contributed by atoms with Crippen molar-refractivity contribution in [2.75, 3.05) is 26.2 Å². The number of quaternary nitrogens is 2. The molecule has 3 nitrogen and oxygen atoms in total. The largest absolute Gasteiger partial charge is 0.297 e. The number of ketones is 1. The smallest absolute Gasteiger partial charge is 0.240 e. The van der Waals surface area contributed by atoms with E-state index >= 15 is 0 Å². The molecule has 0 aliphatic carbocycles. The molecule has 4 aliphatic rings. The summed E-state index contributed by atoms with van der Waals surface area (Å²) in [5.41, 5.74) is 2.67. The molecular weight excluding hydrogens is 260 g/mol. The molecule has 0 amide bonds. The van der Waals surface area contributed by atoms with Crippen LogP contribution < -0.4 is 9.80 Å². The molecule has 2 atom stereocenters. The van der Waals surface area contributed by atoms with Gasteiger partial charge in [0.25, 0.3) is 0 Å². The molecule has 2 N–H and O–H groups in total. The first-order valence-corrected chi connectivity index (χ1v) is 8.28. The summed E-state index contributed by atoms with van der Waals surface area (Å²) in [6.45, 7) is 10.7. The number of hydrogen-bond donors (Lipinski definition) is 2. The normalized spacial score (nSPS) is 44.3. The van der Waals surface area contributed by atoms with E-state index in [1.165, 1.54) is 11.1 Å². The fourth-order valence-corrected chi connectivity index (χ4v) is 5.51. The predicted molar refractivity (Wildman–Crippen MR) is 81.2 cm³/mol. The highest BCUT2D eigenvalue weighted by Gasteiger charge is 2.69. The molecule has 0 aromatic heterocycles. The van der Waals surface area contributed by atoms with Gasteiger partial charge in [-0.05, 0) is 32.4 Å². The van der Waals surface area contributed by atoms with Crippen molar-refractivity contribution in [3.05, 3.63) is 35.4 Å². The van der Waals surface area contributed by atoms with Gasteiger partial charge < -0.3 is 0 Å². The van der Waals surface area contributed by atoms with Crippen molar-refractivity contribution in [3.8, 4) is 0 Å². The van der Waals surface area contributed by atoms with Crippen LogP contribution in [0.25, 0.3) is 0 Å². The first-order valence-electron chi connectivity index (χ1n) is 8.28. The molecule has 4 saturated heterocycles. The van der Waals surface area contributed by atoms with Crippen LogP contribution in [0.1, 0.15) is 37.6 Å². The zero-order valence-electron chi connectivity index (χ0n) is 13.3. The van der Waals surface area contributed by atoms with Gasteiger partial charge in [-0.3, -0.25) is 14.6 Å². The third-order valence-corrected chi connectivity index (χ3v) is 6.26. The van der Waals surface area contributed by atoms with Crippen molar-refractivity contribution in [1.29, 1.82) is 0 Å². The first-order chi connectivity index (χ1) is 9.97. The van der Waals surface area contributed by atoms with Crippen LogP contribution in [0.3, 0.4) is 0 Å². The molecule has 4 fully saturated rings. The molecule has 21 heavy (non-hydrogen) atoms. The summed E-state index contributed by atoms with van der Waals surface area (Å²) >= 11 is 0. The lowest BCUT2D eigenvalue weighted by atomic mass is 9.60. The fourth-order valence-electron chi connectivity index (χ4n) is 5.51. The Labute approximate surface area is 126 Å². The van der Waals surface area contributed by atoms with Gasteiger partial charge in [0.05, 0.1) is 18.7 Å². The molecule has 112 valence electrons. The van der Waals surface area contributed by atoms with Gasteiger partial charge in [0.15, 0.2) is 5.78 Å². The topological polar surface area (TPSA) is 26.0 Å². The van der Waals surface area contributed by atoms with E-state index in [9.17, 15) is 4.79 Å². The van der Waals surface area contributed by atoms with Gasteiger partial charge in [0.1, 0.15) is 23.9 Å². The van der Waals surface area contributed by atoms with Crippen molar-refractivity contribution in [3.63, 3.8) is 0 Å². The third-order valence-electron chi connectivity index (χ3n) is 6.26. The standard InChI is InChI=1S/C18H24N2O/c1-4-18-11-19-9-17(3,16(18)21)10-20(12-18)15(19)14-7-5-6-13(2)8-14/h5-8,15H,4,9-12H2,1-3H3/p+2. The molecule has 2 unspecified atom stereocenters. The second-order valence-corrected chi connectivity index (χ2v) is 7.89. The van der Waals surface area contributed by atoms with Gasteiger partial charge in [-0.2, -0.15) is 0 Å². The van der Waals surface area contributed by atoms with Crippen LogP contribution in [0.15, 0.2) is 24.3 Å². The molecule has 0 saturated carbocycles. The summed E-state index contributed by atoms with van der Waals surface area (Å²) in [5.74, 6) is 0.563. The Kier molecular flexibility index (Phi) is 2.68. The number of carbonyl (C=O) groups is 1. The summed E-state index contributed by atoms with van der Waals surface area (Å²) in [7, 11) is 0. The number of rotatable bonds is 2. The zero-order valence-corrected chi connectivity index (χ0v) is 13.3. The van der Waals surface area contributed by atoms with Crippen molar-refractivity contribution in [2.24, 2.45) is 10.8 Å². The summed E-state index contributed by atoms with van der Waals surface area (Å²) in [6, 6.07) is 8.98. The monoisotopic (exact) mass is 286 g/mol. The molecule has 0 spiro atoms. The maximum absolute atomic E-state index is 12.9. The van der Waals surface area contributed by atoms with Crippen LogP contribution in [0, 0.1) is 17.8 Å². The van der Waals surface area contributed by atoms with E-state index in [0.717, 1.165) is 32.6 Å². The SMILES string of the molecule is CCC12C[NH+]3CC(C)(C[NH+](C1)C3c1cccc(C)c1)C2=O. The highest BCUT2D eigenvalue weighted by atomic mass is 16.1. The van der Waals surface area contributed by atoms with E-state index in [1.54, 1.807) is 9.80 Å². The number of nitrogens with one attached hydrogen (secondary N) is 2. The highest BCUT2D eigenvalue weighted by Crippen LogP contribution is 2.38. The van der Waals surface area contributed by atoms with Gasteiger partial charge in [0, 0.05) is 0 Å². The Bertz CT molecular complexity index is 593. The van der Waals surface area contributed by atoms with E-state index in [-0.39, 0.29) is 10.8 Å². The molecule has 1 aromatic carbocycles. The van der Waals surface area contributed by atoms with E-state index in [4.69, 9.17) is 0 Å². The lowest BCUT2D eigenvalue weighted by Gasteiger charge is -2.59. The summed E-state index contributed by atoms with van der Waals surface area (Å²) in [4.78, 5) is 16.2. The minimum atomic E-state index is -0.0858. The Morgan fingerprint density at radius 1 is 1.19 bits per heavy atom. The Hall–Kier alpha value is -1.19. The summed E-state index contributed by atoms with van der Waals surface area (Å²) < 4.78 is 0. The second-order valence-electron chi connectivity index (χ2n) is 7.89. The van der Waals surface area contributed by atoms with Crippen molar-refractivity contribution in [1.82, 2.24) is 0 Å². The Morgan fingerprint density at radius 2 is 1.86 bits per heavy atom. The second kappa shape index (κ2) is 4.17. The van der Waals surface area contributed by atoms with E-state index in [2.05, 4.69) is 45.0 Å².